The summed E-state index contributed by atoms with van der Waals surface area (Å²) >= 11 is 0. The second-order valence-corrected chi connectivity index (χ2v) is 6.27. The molecule has 1 N–H and O–H groups in total. The number of hydrogen-bond acceptors (Lipinski definition) is 2. The predicted molar refractivity (Wildman–Crippen MR) is 85.4 cm³/mol. The van der Waals surface area contributed by atoms with E-state index in [9.17, 15) is 0 Å². The fourth-order valence-electron chi connectivity index (χ4n) is 2.87. The average molecular weight is 275 g/mol. The van der Waals surface area contributed by atoms with Crippen LogP contribution in [0.25, 0.3) is 0 Å². The molecular weight excluding hydrogens is 246 g/mol. The van der Waals surface area contributed by atoms with Crippen molar-refractivity contribution in [2.45, 2.75) is 58.9 Å². The highest BCUT2D eigenvalue weighted by molar-refractivity contribution is 5.44. The quantitative estimate of drug-likeness (QED) is 0.791. The van der Waals surface area contributed by atoms with Gasteiger partial charge in [-0.2, -0.15) is 0 Å². The number of benzene rings is 1. The summed E-state index contributed by atoms with van der Waals surface area (Å²) in [5.74, 6) is 1.91. The molecule has 0 aliphatic carbocycles. The highest BCUT2D eigenvalue weighted by atomic mass is 16.5. The summed E-state index contributed by atoms with van der Waals surface area (Å²) in [6.07, 6.45) is 5.93. The summed E-state index contributed by atoms with van der Waals surface area (Å²) in [7, 11) is 0. The summed E-state index contributed by atoms with van der Waals surface area (Å²) in [6.45, 7) is 8.77. The fraction of sp³-hybridized carbons (Fsp3) is 0.667. The lowest BCUT2D eigenvalue weighted by Crippen LogP contribution is -2.24. The molecule has 2 nitrogen and oxygen atoms in total. The normalized spacial score (nSPS) is 15.8. The lowest BCUT2D eigenvalue weighted by Gasteiger charge is -2.26. The third kappa shape index (κ3) is 3.99. The van der Waals surface area contributed by atoms with Crippen molar-refractivity contribution in [3.05, 3.63) is 29.3 Å². The Balaban J connectivity index is 2.18. The van der Waals surface area contributed by atoms with Gasteiger partial charge >= 0.3 is 0 Å². The maximum absolute atomic E-state index is 5.98. The first-order valence-electron chi connectivity index (χ1n) is 8.20. The number of aryl methyl sites for hydroxylation is 1. The van der Waals surface area contributed by atoms with Crippen LogP contribution in [0, 0.1) is 5.92 Å². The highest BCUT2D eigenvalue weighted by Gasteiger charge is 2.20. The van der Waals surface area contributed by atoms with Crippen LogP contribution in [0.15, 0.2) is 18.2 Å². The Morgan fingerprint density at radius 2 is 2.10 bits per heavy atom. The number of ether oxygens (including phenoxy) is 1. The molecule has 20 heavy (non-hydrogen) atoms. The smallest absolute Gasteiger partial charge is 0.127 e. The minimum absolute atomic E-state index is 0.436. The van der Waals surface area contributed by atoms with Gasteiger partial charge in [-0.05, 0) is 50.1 Å². The molecule has 0 saturated heterocycles. The zero-order valence-corrected chi connectivity index (χ0v) is 13.2. The Morgan fingerprint density at radius 3 is 2.85 bits per heavy atom. The average Bonchev–Trinajstić information content (AvgIpc) is 2.47. The van der Waals surface area contributed by atoms with E-state index in [1.807, 2.05) is 0 Å². The molecular formula is C18H29NO. The molecule has 0 saturated carbocycles. The molecule has 2 heteroatoms. The minimum Gasteiger partial charge on any atom is -0.493 e. The van der Waals surface area contributed by atoms with Crippen LogP contribution < -0.4 is 10.1 Å². The number of fused-ring (bicyclic) bond motifs is 1. The molecule has 1 aliphatic heterocycles. The molecule has 0 spiro atoms. The van der Waals surface area contributed by atoms with E-state index in [1.165, 1.54) is 30.4 Å². The molecule has 0 amide bonds. The second kappa shape index (κ2) is 7.68. The second-order valence-electron chi connectivity index (χ2n) is 6.27. The first-order valence-corrected chi connectivity index (χ1v) is 8.20. The maximum Gasteiger partial charge on any atom is 0.127 e. The molecule has 1 unspecified atom stereocenters. The maximum atomic E-state index is 5.98. The Kier molecular flexibility index (Phi) is 5.90. The van der Waals surface area contributed by atoms with Gasteiger partial charge in [0.2, 0.25) is 0 Å². The van der Waals surface area contributed by atoms with Gasteiger partial charge in [0.05, 0.1) is 6.61 Å². The van der Waals surface area contributed by atoms with E-state index in [1.54, 1.807) is 0 Å². The van der Waals surface area contributed by atoms with Gasteiger partial charge in [-0.1, -0.05) is 39.0 Å². The molecule has 1 aromatic rings. The van der Waals surface area contributed by atoms with Gasteiger partial charge < -0.3 is 10.1 Å². The first kappa shape index (κ1) is 15.4. The summed E-state index contributed by atoms with van der Waals surface area (Å²) in [5.41, 5.74) is 2.76. The van der Waals surface area contributed by atoms with Crippen LogP contribution in [0.2, 0.25) is 0 Å². The third-order valence-electron chi connectivity index (χ3n) is 4.01. The van der Waals surface area contributed by atoms with Crippen LogP contribution >= 0.6 is 0 Å². The molecule has 1 aliphatic rings. The van der Waals surface area contributed by atoms with E-state index in [-0.39, 0.29) is 0 Å². The largest absolute Gasteiger partial charge is 0.493 e. The summed E-state index contributed by atoms with van der Waals surface area (Å²) < 4.78 is 5.98. The lowest BCUT2D eigenvalue weighted by molar-refractivity contribution is 0.280. The van der Waals surface area contributed by atoms with Crippen LogP contribution in [-0.4, -0.2) is 13.2 Å². The Hall–Kier alpha value is -1.02. The Labute approximate surface area is 123 Å². The lowest BCUT2D eigenvalue weighted by atomic mass is 9.93. The zero-order valence-electron chi connectivity index (χ0n) is 13.2. The van der Waals surface area contributed by atoms with E-state index in [0.717, 1.165) is 37.7 Å². The molecule has 0 radical (unpaired) electrons. The molecule has 1 aromatic carbocycles. The standard InChI is InChI=1S/C18H29NO/c1-4-12-19-17(11-10-14(2)3)16-9-5-7-15-8-6-13-20-18(15)16/h5,7,9,14,17,19H,4,6,8,10-13H2,1-3H3. The molecule has 2 rings (SSSR count). The molecule has 0 fully saturated rings. The molecule has 0 aromatic heterocycles. The van der Waals surface area contributed by atoms with Crippen molar-refractivity contribution in [2.75, 3.05) is 13.2 Å². The first-order chi connectivity index (χ1) is 9.72. The summed E-state index contributed by atoms with van der Waals surface area (Å²) in [5, 5.41) is 3.71. The van der Waals surface area contributed by atoms with Crippen LogP contribution in [-0.2, 0) is 6.42 Å². The van der Waals surface area contributed by atoms with Gasteiger partial charge in [-0.3, -0.25) is 0 Å². The van der Waals surface area contributed by atoms with Crippen molar-refractivity contribution in [1.29, 1.82) is 0 Å². The Bertz CT molecular complexity index is 414. The van der Waals surface area contributed by atoms with Crippen molar-refractivity contribution in [2.24, 2.45) is 5.92 Å². The molecule has 0 bridgehead atoms. The van der Waals surface area contributed by atoms with E-state index in [2.05, 4.69) is 44.3 Å². The van der Waals surface area contributed by atoms with Gasteiger partial charge in [-0.25, -0.2) is 0 Å². The topological polar surface area (TPSA) is 21.3 Å². The predicted octanol–water partition coefficient (Wildman–Crippen LogP) is 4.49. The van der Waals surface area contributed by atoms with E-state index < -0.39 is 0 Å². The van der Waals surface area contributed by atoms with Crippen LogP contribution in [0.1, 0.15) is 63.6 Å². The summed E-state index contributed by atoms with van der Waals surface area (Å²) in [4.78, 5) is 0. The minimum atomic E-state index is 0.436. The van der Waals surface area contributed by atoms with E-state index in [4.69, 9.17) is 4.74 Å². The summed E-state index contributed by atoms with van der Waals surface area (Å²) in [6, 6.07) is 7.10. The van der Waals surface area contributed by atoms with Gasteiger partial charge in [0.25, 0.3) is 0 Å². The zero-order chi connectivity index (χ0) is 14.4. The fourth-order valence-corrected chi connectivity index (χ4v) is 2.87. The SMILES string of the molecule is CCCNC(CCC(C)C)c1cccc2c1OCCC2. The van der Waals surface area contributed by atoms with Crippen molar-refractivity contribution < 1.29 is 4.74 Å². The molecule has 112 valence electrons. The van der Waals surface area contributed by atoms with E-state index in [0.29, 0.717) is 6.04 Å². The van der Waals surface area contributed by atoms with Crippen molar-refractivity contribution in [3.63, 3.8) is 0 Å². The van der Waals surface area contributed by atoms with Crippen LogP contribution in [0.3, 0.4) is 0 Å². The monoisotopic (exact) mass is 275 g/mol. The Morgan fingerprint density at radius 1 is 1.25 bits per heavy atom. The highest BCUT2D eigenvalue weighted by Crippen LogP contribution is 2.35. The van der Waals surface area contributed by atoms with Gasteiger partial charge in [0.15, 0.2) is 0 Å². The van der Waals surface area contributed by atoms with Crippen molar-refractivity contribution >= 4 is 0 Å². The number of nitrogens with one attached hydrogen (secondary N) is 1. The third-order valence-corrected chi connectivity index (χ3v) is 4.01. The molecule has 1 heterocycles. The van der Waals surface area contributed by atoms with Crippen LogP contribution in [0.4, 0.5) is 0 Å². The van der Waals surface area contributed by atoms with Gasteiger partial charge in [0.1, 0.15) is 5.75 Å². The van der Waals surface area contributed by atoms with Crippen molar-refractivity contribution in [3.8, 4) is 5.75 Å². The number of hydrogen-bond donors (Lipinski definition) is 1. The van der Waals surface area contributed by atoms with E-state index >= 15 is 0 Å². The molecule has 1 atom stereocenters. The van der Waals surface area contributed by atoms with Crippen molar-refractivity contribution in [1.82, 2.24) is 5.32 Å². The number of rotatable bonds is 7. The number of para-hydroxylation sites is 1. The van der Waals surface area contributed by atoms with Crippen LogP contribution in [0.5, 0.6) is 5.75 Å². The van der Waals surface area contributed by atoms with Gasteiger partial charge in [-0.15, -0.1) is 0 Å². The van der Waals surface area contributed by atoms with Gasteiger partial charge in [0, 0.05) is 11.6 Å².